The third-order valence-electron chi connectivity index (χ3n) is 20.5. The van der Waals surface area contributed by atoms with Crippen molar-refractivity contribution in [1.29, 1.82) is 0 Å². The smallest absolute Gasteiger partial charge is 0.127 e. The summed E-state index contributed by atoms with van der Waals surface area (Å²) in [6.45, 7) is 4.00. The third-order valence-corrected chi connectivity index (χ3v) is 21.8. The van der Waals surface area contributed by atoms with Gasteiger partial charge in [0.1, 0.15) is 43.6 Å². The molecule has 8 radical (unpaired) electrons. The van der Waals surface area contributed by atoms with E-state index in [9.17, 15) is 0 Å². The van der Waals surface area contributed by atoms with Gasteiger partial charge in [-0.2, -0.15) is 0 Å². The number of methoxy groups -OCH3 is 1. The van der Waals surface area contributed by atoms with E-state index in [1.165, 1.54) is 44.5 Å². The lowest BCUT2D eigenvalue weighted by atomic mass is 8.81. The van der Waals surface area contributed by atoms with Crippen LogP contribution in [0.4, 0.5) is 0 Å². The van der Waals surface area contributed by atoms with Crippen molar-refractivity contribution in [1.82, 2.24) is 0 Å². The van der Waals surface area contributed by atoms with Gasteiger partial charge in [0, 0.05) is 80.2 Å². The largest absolute Gasteiger partial charge is 0.457 e. The second-order valence-electron chi connectivity index (χ2n) is 27.0. The molecule has 0 amide bonds. The summed E-state index contributed by atoms with van der Waals surface area (Å²) in [5.74, 6) is 23.0. The van der Waals surface area contributed by atoms with Gasteiger partial charge in [0.25, 0.3) is 0 Å². The van der Waals surface area contributed by atoms with Gasteiger partial charge in [-0.3, -0.25) is 0 Å². The fraction of sp³-hybridized carbons (Fsp3) is 0.0891. The molecule has 0 aromatic heterocycles. The number of ether oxygens (including phenoxy) is 3. The summed E-state index contributed by atoms with van der Waals surface area (Å²) >= 11 is 15.0. The molecule has 0 saturated carbocycles. The first-order valence-corrected chi connectivity index (χ1v) is 37.6. The first-order chi connectivity index (χ1) is 54.2. The number of hydrogen-bond donors (Lipinski definition) is 0. The zero-order valence-electron chi connectivity index (χ0n) is 61.9. The van der Waals surface area contributed by atoms with E-state index in [2.05, 4.69) is 283 Å². The summed E-state index contributed by atoms with van der Waals surface area (Å²) < 4.78 is 17.1. The molecule has 112 heavy (non-hydrogen) atoms. The van der Waals surface area contributed by atoms with Crippen LogP contribution in [0.25, 0.3) is 44.5 Å². The molecule has 0 N–H and O–H groups in total. The average molecular weight is 1470 g/mol. The third kappa shape index (κ3) is 14.5. The van der Waals surface area contributed by atoms with Crippen LogP contribution in [0.3, 0.4) is 0 Å². The van der Waals surface area contributed by atoms with Crippen molar-refractivity contribution < 1.29 is 14.2 Å². The van der Waals surface area contributed by atoms with E-state index in [-0.39, 0.29) is 7.43 Å². The molecule has 0 heterocycles. The Morgan fingerprint density at radius 1 is 0.286 bits per heavy atom. The zero-order chi connectivity index (χ0) is 77.3. The minimum Gasteiger partial charge on any atom is -0.457 e. The topological polar surface area (TPSA) is 27.7 Å². The van der Waals surface area contributed by atoms with Crippen LogP contribution in [0.15, 0.2) is 340 Å². The molecule has 0 unspecified atom stereocenters. The van der Waals surface area contributed by atoms with Gasteiger partial charge in [0.2, 0.25) is 0 Å². The number of halogens is 2. The van der Waals surface area contributed by atoms with E-state index in [1.807, 2.05) is 111 Å². The van der Waals surface area contributed by atoms with Crippen molar-refractivity contribution in [2.75, 3.05) is 14.2 Å². The number of fused-ring (bicyclic) bond motifs is 12. The van der Waals surface area contributed by atoms with Crippen LogP contribution in [0.2, 0.25) is 0 Å². The molecule has 18 rings (SSSR count). The molecule has 4 aliphatic carbocycles. The van der Waals surface area contributed by atoms with Gasteiger partial charge < -0.3 is 14.2 Å². The van der Waals surface area contributed by atoms with Crippen molar-refractivity contribution in [2.45, 2.75) is 41.9 Å². The number of alkyl halides is 2. The maximum Gasteiger partial charge on any atom is 0.127 e. The van der Waals surface area contributed by atoms with Crippen LogP contribution in [-0.4, -0.2) is 57.9 Å². The van der Waals surface area contributed by atoms with Crippen molar-refractivity contribution in [3.63, 3.8) is 0 Å². The molecule has 4 aliphatic rings. The zero-order valence-corrected chi connectivity index (χ0v) is 63.4. The normalized spacial score (nSPS) is 13.0. The summed E-state index contributed by atoms with van der Waals surface area (Å²) in [5, 5.41) is 0. The Kier molecular flexibility index (Phi) is 23.7. The molecular weight excluding hydrogens is 1400 g/mol. The van der Waals surface area contributed by atoms with Gasteiger partial charge in [-0.15, -0.1) is 36.0 Å². The minimum atomic E-state index is -0.740. The van der Waals surface area contributed by atoms with Gasteiger partial charge in [-0.1, -0.05) is 312 Å². The molecule has 0 atom stereocenters. The summed E-state index contributed by atoms with van der Waals surface area (Å²) in [7, 11) is 23.1. The van der Waals surface area contributed by atoms with Crippen LogP contribution >= 0.6 is 23.2 Å². The maximum atomic E-state index is 7.48. The van der Waals surface area contributed by atoms with Gasteiger partial charge in [0.05, 0.1) is 0 Å². The second-order valence-corrected chi connectivity index (χ2v) is 28.1. The molecule has 528 valence electrons. The predicted molar refractivity (Wildman–Crippen MR) is 473 cm³/mol. The van der Waals surface area contributed by atoms with E-state index in [0.717, 1.165) is 112 Å². The van der Waals surface area contributed by atoms with Crippen molar-refractivity contribution >= 4 is 66.9 Å². The quantitative estimate of drug-likeness (QED) is 0.0819. The van der Waals surface area contributed by atoms with E-state index in [0.29, 0.717) is 0 Å². The summed E-state index contributed by atoms with van der Waals surface area (Å²) in [6, 6.07) is 116. The summed E-state index contributed by atoms with van der Waals surface area (Å²) in [4.78, 5) is -1.48. The lowest BCUT2D eigenvalue weighted by Crippen LogP contribution is -2.38. The number of benzene rings is 14. The number of rotatable bonds is 9. The Morgan fingerprint density at radius 3 is 0.723 bits per heavy atom. The molecule has 0 bridgehead atoms. The maximum absolute atomic E-state index is 7.48. The molecule has 0 saturated heterocycles. The predicted octanol–water partition coefficient (Wildman–Crippen LogP) is 22.3. The fourth-order valence-corrected chi connectivity index (χ4v) is 16.4. The first-order valence-electron chi connectivity index (χ1n) is 36.8. The monoisotopic (exact) mass is 1470 g/mol. The van der Waals surface area contributed by atoms with Gasteiger partial charge in [0.15, 0.2) is 0 Å². The van der Waals surface area contributed by atoms with E-state index in [1.54, 1.807) is 14.2 Å². The lowest BCUT2D eigenvalue weighted by molar-refractivity contribution is 0.277. The van der Waals surface area contributed by atoms with Crippen molar-refractivity contribution in [3.8, 4) is 116 Å². The number of terminal acetylenes is 2. The first kappa shape index (κ1) is 78.0. The average Bonchev–Trinajstić information content (AvgIpc) is 1.55. The Bertz CT molecular complexity index is 5430. The highest BCUT2D eigenvalue weighted by molar-refractivity contribution is 7.76. The molecule has 14 aromatic carbocycles. The minimum absolute atomic E-state index is 0. The molecule has 3 nitrogen and oxygen atoms in total. The van der Waals surface area contributed by atoms with Gasteiger partial charge >= 0.3 is 0 Å². The van der Waals surface area contributed by atoms with Gasteiger partial charge in [-0.25, -0.2) is 0 Å². The molecule has 0 aliphatic heterocycles. The summed E-state index contributed by atoms with van der Waals surface area (Å²) in [5.41, 5.74) is 24.6. The molecule has 0 fully saturated rings. The number of hydrogen-bond acceptors (Lipinski definition) is 3. The molecule has 14 aromatic rings. The van der Waals surface area contributed by atoms with E-state index in [4.69, 9.17) is 76.5 Å². The molecular formula is C101H74B6Cl2O3. The van der Waals surface area contributed by atoms with Crippen molar-refractivity contribution in [2.24, 2.45) is 0 Å². The summed E-state index contributed by atoms with van der Waals surface area (Å²) in [6.07, 6.45) is 10.3. The Balaban J connectivity index is 0.000000180. The van der Waals surface area contributed by atoms with Crippen molar-refractivity contribution in [3.05, 3.63) is 429 Å². The van der Waals surface area contributed by atoms with E-state index >= 15 is 0 Å². The van der Waals surface area contributed by atoms with E-state index < -0.39 is 33.3 Å². The Morgan fingerprint density at radius 2 is 0.491 bits per heavy atom. The van der Waals surface area contributed by atoms with Crippen LogP contribution in [-0.2, 0) is 25.3 Å². The fourth-order valence-electron chi connectivity index (χ4n) is 15.5. The van der Waals surface area contributed by atoms with Crippen LogP contribution < -0.4 is 9.47 Å². The Hall–Kier alpha value is -12.2. The molecule has 0 spiro atoms. The van der Waals surface area contributed by atoms with Crippen LogP contribution in [0, 0.1) is 48.4 Å². The van der Waals surface area contributed by atoms with Crippen LogP contribution in [0.1, 0.15) is 110 Å². The van der Waals surface area contributed by atoms with Gasteiger partial charge in [-0.05, 0) is 196 Å². The Labute approximate surface area is 676 Å². The highest BCUT2D eigenvalue weighted by Gasteiger charge is 2.47. The standard InChI is InChI=1S/C58H34O.C38H24Cl2O.C2H6O.C2H6.CH4.B6/c1-3-41-15-13-17-43(39-41)35-37-57(53-23-9-5-19-49(53)50-20-6-10-24-54(50)57)45-27-31-47(32-28-45)59-48-33-29-46(30-34-48)58(38-36-44-18-14-16-42(4-2)40-44)55-25-11-7-21-51(55)52-22-8-12-26-56(52)58;39-37(33-13-5-1-9-29(33)30-10-2-6-14-34(30)37)25-17-21-27(22-18-25)41-28-23-19-26(20-24-28)38(40)35-15-7-3-11-31(35)32-12-4-8-16-36(32)38;1-3-2;1-2;;1-5(2)6(3)4/h1-2,5-34,39-40H;1-24H;1-2H3;1-2H3;1H4;. The lowest BCUT2D eigenvalue weighted by Gasteiger charge is -2.28. The van der Waals surface area contributed by atoms with Crippen LogP contribution in [0.5, 0.6) is 23.0 Å². The second kappa shape index (κ2) is 34.0. The molecule has 11 heteroatoms. The highest BCUT2D eigenvalue weighted by atomic mass is 35.5. The highest BCUT2D eigenvalue weighted by Crippen LogP contribution is 2.58. The SMILES string of the molecule is C.C#Cc1cccc(C#CC2(c3ccc(Oc4ccc(C5(C#Cc6cccc(C#C)c6)c6ccccc6-c6ccccc65)cc4)cc3)c3ccccc3-c3ccccc32)c1.CC.COC.ClC1(c2ccc(Oc3ccc(C4(Cl)c5ccccc5-c5ccccc54)cc3)cc2)c2ccccc2-c2ccccc21.[B]B([B])B([B])[B].